The van der Waals surface area contributed by atoms with Gasteiger partial charge in [-0.2, -0.15) is 0 Å². The van der Waals surface area contributed by atoms with Crippen LogP contribution in [0.2, 0.25) is 0 Å². The van der Waals surface area contributed by atoms with Crippen LogP contribution in [0, 0.1) is 0 Å². The predicted molar refractivity (Wildman–Crippen MR) is 81.4 cm³/mol. The van der Waals surface area contributed by atoms with E-state index in [1.54, 1.807) is 0 Å². The zero-order chi connectivity index (χ0) is 14.7. The second-order valence-corrected chi connectivity index (χ2v) is 5.76. The molecular formula is C16H21N3O2. The fourth-order valence-corrected chi connectivity index (χ4v) is 3.24. The molecule has 0 spiro atoms. The average Bonchev–Trinajstić information content (AvgIpc) is 2.92. The fourth-order valence-electron chi connectivity index (χ4n) is 3.24. The summed E-state index contributed by atoms with van der Waals surface area (Å²) in [6.45, 7) is 3.00. The van der Waals surface area contributed by atoms with E-state index in [2.05, 4.69) is 27.1 Å². The van der Waals surface area contributed by atoms with Crippen molar-refractivity contribution >= 4 is 17.0 Å². The Morgan fingerprint density at radius 2 is 2.24 bits per heavy atom. The third-order valence-electron chi connectivity index (χ3n) is 4.38. The van der Waals surface area contributed by atoms with Crippen LogP contribution in [0.25, 0.3) is 11.0 Å². The molecule has 2 N–H and O–H groups in total. The monoisotopic (exact) mass is 287 g/mol. The molecule has 112 valence electrons. The molecule has 0 amide bonds. The van der Waals surface area contributed by atoms with Gasteiger partial charge < -0.3 is 15.0 Å². The van der Waals surface area contributed by atoms with Gasteiger partial charge in [-0.3, -0.25) is 4.79 Å². The number of pyridine rings is 1. The number of carboxylic acid groups (broad SMARTS) is 1. The van der Waals surface area contributed by atoms with E-state index >= 15 is 0 Å². The highest BCUT2D eigenvalue weighted by Gasteiger charge is 2.22. The Labute approximate surface area is 124 Å². The van der Waals surface area contributed by atoms with Crippen LogP contribution in [0.5, 0.6) is 0 Å². The number of fused-ring (bicyclic) bond motifs is 1. The minimum Gasteiger partial charge on any atom is -0.481 e. The number of aromatic amines is 1. The van der Waals surface area contributed by atoms with Gasteiger partial charge in [0, 0.05) is 24.2 Å². The van der Waals surface area contributed by atoms with Crippen LogP contribution in [0.15, 0.2) is 24.5 Å². The third kappa shape index (κ3) is 3.24. The lowest BCUT2D eigenvalue weighted by Gasteiger charge is -2.31. The van der Waals surface area contributed by atoms with E-state index in [9.17, 15) is 4.79 Å². The molecule has 0 atom stereocenters. The second kappa shape index (κ2) is 6.26. The van der Waals surface area contributed by atoms with Crippen LogP contribution >= 0.6 is 0 Å². The summed E-state index contributed by atoms with van der Waals surface area (Å²) in [5.41, 5.74) is 2.35. The molecule has 1 fully saturated rings. The first kappa shape index (κ1) is 14.1. The minimum absolute atomic E-state index is 0.272. The molecule has 3 heterocycles. The normalized spacial score (nSPS) is 17.3. The van der Waals surface area contributed by atoms with Crippen molar-refractivity contribution in [3.8, 4) is 0 Å². The lowest BCUT2D eigenvalue weighted by atomic mass is 9.89. The van der Waals surface area contributed by atoms with Crippen LogP contribution in [-0.2, 0) is 4.79 Å². The molecule has 3 rings (SSSR count). The van der Waals surface area contributed by atoms with E-state index in [1.807, 2.05) is 12.3 Å². The molecule has 1 aliphatic heterocycles. The topological polar surface area (TPSA) is 69.2 Å². The van der Waals surface area contributed by atoms with Crippen molar-refractivity contribution in [2.75, 3.05) is 19.6 Å². The first-order chi connectivity index (χ1) is 10.2. The number of carboxylic acids is 1. The zero-order valence-electron chi connectivity index (χ0n) is 12.1. The number of rotatable bonds is 5. The first-order valence-electron chi connectivity index (χ1n) is 7.60. The number of likely N-dealkylation sites (tertiary alicyclic amines) is 1. The van der Waals surface area contributed by atoms with Gasteiger partial charge in [0.15, 0.2) is 0 Å². The van der Waals surface area contributed by atoms with Crippen molar-refractivity contribution in [2.24, 2.45) is 0 Å². The number of carbonyl (C=O) groups is 1. The maximum Gasteiger partial charge on any atom is 0.303 e. The number of nitrogens with zero attached hydrogens (tertiary/aromatic N) is 2. The molecule has 0 aliphatic carbocycles. The summed E-state index contributed by atoms with van der Waals surface area (Å²) >= 11 is 0. The van der Waals surface area contributed by atoms with Crippen LogP contribution in [-0.4, -0.2) is 45.6 Å². The van der Waals surface area contributed by atoms with Crippen molar-refractivity contribution in [2.45, 2.75) is 31.6 Å². The Balaban J connectivity index is 1.57. The molecular weight excluding hydrogens is 266 g/mol. The molecule has 2 aromatic heterocycles. The Morgan fingerprint density at radius 1 is 1.43 bits per heavy atom. The molecule has 0 radical (unpaired) electrons. The summed E-state index contributed by atoms with van der Waals surface area (Å²) in [7, 11) is 0. The van der Waals surface area contributed by atoms with E-state index in [-0.39, 0.29) is 6.42 Å². The zero-order valence-corrected chi connectivity index (χ0v) is 12.1. The maximum atomic E-state index is 10.5. The minimum atomic E-state index is -0.698. The van der Waals surface area contributed by atoms with Gasteiger partial charge in [-0.25, -0.2) is 4.98 Å². The number of piperidine rings is 1. The average molecular weight is 287 g/mol. The van der Waals surface area contributed by atoms with Crippen molar-refractivity contribution < 1.29 is 9.90 Å². The van der Waals surface area contributed by atoms with Crippen molar-refractivity contribution in [3.05, 3.63) is 30.1 Å². The van der Waals surface area contributed by atoms with Gasteiger partial charge in [-0.05, 0) is 62.5 Å². The Hall–Kier alpha value is -1.88. The number of hydrogen-bond donors (Lipinski definition) is 2. The fraction of sp³-hybridized carbons (Fsp3) is 0.500. The Morgan fingerprint density at radius 3 is 3.00 bits per heavy atom. The molecule has 21 heavy (non-hydrogen) atoms. The number of aliphatic carboxylic acids is 1. The standard InChI is InChI=1S/C16H21N3O2/c20-15(21)4-2-8-19-9-5-12(6-10-19)14-11-18-16-13(14)3-1-7-17-16/h1,3,7,11-12H,2,4-6,8-10H2,(H,17,18)(H,20,21). The van der Waals surface area contributed by atoms with Crippen molar-refractivity contribution in [1.82, 2.24) is 14.9 Å². The van der Waals surface area contributed by atoms with Crippen LogP contribution in [0.3, 0.4) is 0 Å². The van der Waals surface area contributed by atoms with Gasteiger partial charge in [-0.1, -0.05) is 0 Å². The Kier molecular flexibility index (Phi) is 4.20. The van der Waals surface area contributed by atoms with Crippen molar-refractivity contribution in [3.63, 3.8) is 0 Å². The molecule has 2 aromatic rings. The quantitative estimate of drug-likeness (QED) is 0.887. The second-order valence-electron chi connectivity index (χ2n) is 5.76. The van der Waals surface area contributed by atoms with Gasteiger partial charge in [0.1, 0.15) is 5.65 Å². The van der Waals surface area contributed by atoms with Gasteiger partial charge >= 0.3 is 5.97 Å². The van der Waals surface area contributed by atoms with Crippen molar-refractivity contribution in [1.29, 1.82) is 0 Å². The van der Waals surface area contributed by atoms with Crippen LogP contribution in [0.4, 0.5) is 0 Å². The first-order valence-corrected chi connectivity index (χ1v) is 7.60. The highest BCUT2D eigenvalue weighted by Crippen LogP contribution is 2.32. The lowest BCUT2D eigenvalue weighted by molar-refractivity contribution is -0.137. The molecule has 5 heteroatoms. The number of H-pyrrole nitrogens is 1. The smallest absolute Gasteiger partial charge is 0.303 e. The third-order valence-corrected chi connectivity index (χ3v) is 4.38. The summed E-state index contributed by atoms with van der Waals surface area (Å²) in [6.07, 6.45) is 7.20. The molecule has 0 saturated carbocycles. The molecule has 5 nitrogen and oxygen atoms in total. The van der Waals surface area contributed by atoms with E-state index in [4.69, 9.17) is 5.11 Å². The Bertz CT molecular complexity index is 615. The van der Waals surface area contributed by atoms with E-state index in [0.717, 1.165) is 44.5 Å². The lowest BCUT2D eigenvalue weighted by Crippen LogP contribution is -2.33. The number of aromatic nitrogens is 2. The SMILES string of the molecule is O=C(O)CCCN1CCC(c2c[nH]c3ncccc23)CC1. The molecule has 0 bridgehead atoms. The number of nitrogens with one attached hydrogen (secondary N) is 1. The van der Waals surface area contributed by atoms with E-state index < -0.39 is 5.97 Å². The molecule has 1 aliphatic rings. The predicted octanol–water partition coefficient (Wildman–Crippen LogP) is 2.61. The highest BCUT2D eigenvalue weighted by atomic mass is 16.4. The number of hydrogen-bond acceptors (Lipinski definition) is 3. The molecule has 0 unspecified atom stereocenters. The van der Waals surface area contributed by atoms with Crippen LogP contribution < -0.4 is 0 Å². The van der Waals surface area contributed by atoms with Gasteiger partial charge in [0.05, 0.1) is 0 Å². The molecule has 0 aromatic carbocycles. The van der Waals surface area contributed by atoms with E-state index in [0.29, 0.717) is 5.92 Å². The van der Waals surface area contributed by atoms with E-state index in [1.165, 1.54) is 10.9 Å². The van der Waals surface area contributed by atoms with Gasteiger partial charge in [0.2, 0.25) is 0 Å². The van der Waals surface area contributed by atoms with Crippen LogP contribution in [0.1, 0.15) is 37.2 Å². The molecule has 1 saturated heterocycles. The maximum absolute atomic E-state index is 10.5. The largest absolute Gasteiger partial charge is 0.481 e. The highest BCUT2D eigenvalue weighted by molar-refractivity contribution is 5.80. The summed E-state index contributed by atoms with van der Waals surface area (Å²) in [5, 5.41) is 9.92. The summed E-state index contributed by atoms with van der Waals surface area (Å²) in [5.74, 6) is -0.116. The van der Waals surface area contributed by atoms with Gasteiger partial charge in [-0.15, -0.1) is 0 Å². The van der Waals surface area contributed by atoms with Gasteiger partial charge in [0.25, 0.3) is 0 Å². The summed E-state index contributed by atoms with van der Waals surface area (Å²) in [4.78, 5) is 20.5. The summed E-state index contributed by atoms with van der Waals surface area (Å²) in [6, 6.07) is 4.12. The summed E-state index contributed by atoms with van der Waals surface area (Å²) < 4.78 is 0.